The molecule has 3 aliphatic heterocycles. The predicted octanol–water partition coefficient (Wildman–Crippen LogP) is 1.69. The van der Waals surface area contributed by atoms with E-state index in [1.54, 1.807) is 19.0 Å². The minimum atomic E-state index is 0.0149. The highest BCUT2D eigenvalue weighted by molar-refractivity contribution is 5.78. The van der Waals surface area contributed by atoms with Gasteiger partial charge in [-0.2, -0.15) is 0 Å². The quantitative estimate of drug-likeness (QED) is 0.891. The number of hydrogen-bond donors (Lipinski definition) is 1. The van der Waals surface area contributed by atoms with E-state index in [0.717, 1.165) is 38.0 Å². The van der Waals surface area contributed by atoms with Crippen molar-refractivity contribution < 1.29 is 9.59 Å². The number of fused-ring (bicyclic) bond motifs is 4. The van der Waals surface area contributed by atoms with Gasteiger partial charge in [0.25, 0.3) is 0 Å². The van der Waals surface area contributed by atoms with E-state index in [-0.39, 0.29) is 18.0 Å². The van der Waals surface area contributed by atoms with E-state index in [0.29, 0.717) is 19.0 Å². The number of aryl methyl sites for hydroxylation is 1. The summed E-state index contributed by atoms with van der Waals surface area (Å²) in [6.07, 6.45) is 2.16. The third-order valence-corrected chi connectivity index (χ3v) is 5.47. The molecule has 26 heavy (non-hydrogen) atoms. The van der Waals surface area contributed by atoms with Crippen molar-refractivity contribution in [2.45, 2.75) is 32.4 Å². The number of hydrogen-bond acceptors (Lipinski definition) is 3. The van der Waals surface area contributed by atoms with Crippen LogP contribution in [0.3, 0.4) is 0 Å². The molecule has 0 aromatic heterocycles. The van der Waals surface area contributed by atoms with Crippen molar-refractivity contribution in [1.82, 2.24) is 20.0 Å². The zero-order valence-electron chi connectivity index (χ0n) is 16.1. The van der Waals surface area contributed by atoms with Crippen LogP contribution in [0, 0.1) is 12.8 Å². The lowest BCUT2D eigenvalue weighted by Crippen LogP contribution is -2.51. The first-order valence-corrected chi connectivity index (χ1v) is 9.45. The van der Waals surface area contributed by atoms with Gasteiger partial charge in [-0.3, -0.25) is 9.69 Å². The molecule has 142 valence electrons. The number of amides is 3. The molecule has 0 radical (unpaired) electrons. The summed E-state index contributed by atoms with van der Waals surface area (Å²) >= 11 is 0. The zero-order chi connectivity index (χ0) is 18.7. The van der Waals surface area contributed by atoms with E-state index in [1.807, 2.05) is 4.90 Å². The highest BCUT2D eigenvalue weighted by atomic mass is 16.2. The van der Waals surface area contributed by atoms with E-state index in [9.17, 15) is 9.59 Å². The van der Waals surface area contributed by atoms with Gasteiger partial charge in [-0.15, -0.1) is 0 Å². The number of benzene rings is 1. The summed E-state index contributed by atoms with van der Waals surface area (Å²) in [5.41, 5.74) is 2.33. The maximum absolute atomic E-state index is 12.7. The van der Waals surface area contributed by atoms with Crippen LogP contribution in [0.1, 0.15) is 24.0 Å². The second-order valence-corrected chi connectivity index (χ2v) is 7.88. The molecule has 0 aliphatic carbocycles. The smallest absolute Gasteiger partial charge is 0.317 e. The molecule has 6 nitrogen and oxygen atoms in total. The van der Waals surface area contributed by atoms with Crippen LogP contribution in [0.4, 0.5) is 4.79 Å². The first kappa shape index (κ1) is 18.7. The van der Waals surface area contributed by atoms with E-state index in [1.165, 1.54) is 5.56 Å². The molecule has 3 aliphatic rings. The number of likely N-dealkylation sites (N-methyl/N-ethyl adjacent to an activating group) is 1. The Bertz CT molecular complexity index is 644. The van der Waals surface area contributed by atoms with Gasteiger partial charge in [-0.1, -0.05) is 29.8 Å². The van der Waals surface area contributed by atoms with Crippen LogP contribution in [0.25, 0.3) is 0 Å². The molecule has 3 saturated heterocycles. The maximum atomic E-state index is 12.7. The number of rotatable bonds is 4. The highest BCUT2D eigenvalue weighted by Gasteiger charge is 2.37. The van der Waals surface area contributed by atoms with Crippen molar-refractivity contribution >= 4 is 11.9 Å². The molecule has 6 heteroatoms. The van der Waals surface area contributed by atoms with Gasteiger partial charge in [0, 0.05) is 46.3 Å². The molecule has 0 unspecified atom stereocenters. The molecular weight excluding hydrogens is 328 g/mol. The van der Waals surface area contributed by atoms with Crippen LogP contribution in [0.2, 0.25) is 0 Å². The van der Waals surface area contributed by atoms with Crippen LogP contribution in [0.15, 0.2) is 24.3 Å². The van der Waals surface area contributed by atoms with Crippen LogP contribution >= 0.6 is 0 Å². The third-order valence-electron chi connectivity index (χ3n) is 5.47. The number of carbonyl (C=O) groups is 2. The standard InChI is InChI=1S/C20H30N4O2/c1-15-4-6-16(7-5-15)10-21-20(26)24-12-17-8-9-18(24)13-23(11-17)14-19(25)22(2)3/h4-7,17-18H,8-14H2,1-3H3,(H,21,26)/t17-,18+/m0/s1. The molecule has 4 rings (SSSR count). The summed E-state index contributed by atoms with van der Waals surface area (Å²) in [6, 6.07) is 8.45. The molecule has 1 N–H and O–H groups in total. The third kappa shape index (κ3) is 4.55. The predicted molar refractivity (Wildman–Crippen MR) is 102 cm³/mol. The van der Waals surface area contributed by atoms with Crippen LogP contribution in [-0.2, 0) is 11.3 Å². The Balaban J connectivity index is 1.57. The van der Waals surface area contributed by atoms with E-state index < -0.39 is 0 Å². The van der Waals surface area contributed by atoms with Crippen molar-refractivity contribution in [3.8, 4) is 0 Å². The summed E-state index contributed by atoms with van der Waals surface area (Å²) in [5, 5.41) is 3.07. The molecule has 0 spiro atoms. The molecule has 1 aromatic rings. The van der Waals surface area contributed by atoms with Crippen LogP contribution < -0.4 is 5.32 Å². The van der Waals surface area contributed by atoms with Crippen molar-refractivity contribution in [1.29, 1.82) is 0 Å². The summed E-state index contributed by atoms with van der Waals surface area (Å²) < 4.78 is 0. The topological polar surface area (TPSA) is 55.9 Å². The lowest BCUT2D eigenvalue weighted by atomic mass is 9.95. The highest BCUT2D eigenvalue weighted by Crippen LogP contribution is 2.28. The summed E-state index contributed by atoms with van der Waals surface area (Å²) in [4.78, 5) is 30.6. The number of urea groups is 1. The normalized spacial score (nSPS) is 22.8. The number of nitrogens with one attached hydrogen (secondary N) is 1. The summed E-state index contributed by atoms with van der Waals surface area (Å²) in [6.45, 7) is 5.53. The number of carbonyl (C=O) groups excluding carboxylic acids is 2. The van der Waals surface area contributed by atoms with Gasteiger partial charge in [0.05, 0.1) is 6.54 Å². The first-order valence-electron chi connectivity index (χ1n) is 9.45. The summed E-state index contributed by atoms with van der Waals surface area (Å²) in [7, 11) is 3.58. The Hall–Kier alpha value is -2.08. The Morgan fingerprint density at radius 3 is 2.54 bits per heavy atom. The molecule has 3 heterocycles. The Kier molecular flexibility index (Phi) is 5.81. The second kappa shape index (κ2) is 8.08. The minimum Gasteiger partial charge on any atom is -0.348 e. The van der Waals surface area contributed by atoms with Gasteiger partial charge in [0.2, 0.25) is 5.91 Å². The van der Waals surface area contributed by atoms with Gasteiger partial charge in [-0.25, -0.2) is 4.79 Å². The molecule has 2 bridgehead atoms. The molecule has 2 atom stereocenters. The average molecular weight is 358 g/mol. The Morgan fingerprint density at radius 1 is 1.12 bits per heavy atom. The van der Waals surface area contributed by atoms with Crippen molar-refractivity contribution in [3.05, 3.63) is 35.4 Å². The molecule has 3 fully saturated rings. The SMILES string of the molecule is Cc1ccc(CNC(=O)N2C[C@H]3CC[C@@H]2CN(CC(=O)N(C)C)C3)cc1. The first-order chi connectivity index (χ1) is 12.4. The van der Waals surface area contributed by atoms with Gasteiger partial charge in [-0.05, 0) is 31.2 Å². The molecular formula is C20H30N4O2. The number of nitrogens with zero attached hydrogens (tertiary/aromatic N) is 3. The fourth-order valence-electron chi connectivity index (χ4n) is 3.87. The Labute approximate surface area is 156 Å². The van der Waals surface area contributed by atoms with Crippen molar-refractivity contribution in [3.63, 3.8) is 0 Å². The monoisotopic (exact) mass is 358 g/mol. The molecule has 0 saturated carbocycles. The van der Waals surface area contributed by atoms with Gasteiger partial charge < -0.3 is 15.1 Å². The van der Waals surface area contributed by atoms with Gasteiger partial charge in [0.15, 0.2) is 0 Å². The van der Waals surface area contributed by atoms with E-state index in [2.05, 4.69) is 41.4 Å². The second-order valence-electron chi connectivity index (χ2n) is 7.88. The van der Waals surface area contributed by atoms with Crippen molar-refractivity contribution in [2.75, 3.05) is 40.3 Å². The number of piperidine rings is 1. The maximum Gasteiger partial charge on any atom is 0.317 e. The molecule has 1 aromatic carbocycles. The molecule has 3 amide bonds. The van der Waals surface area contributed by atoms with Crippen molar-refractivity contribution in [2.24, 2.45) is 5.92 Å². The zero-order valence-corrected chi connectivity index (χ0v) is 16.1. The lowest BCUT2D eigenvalue weighted by Gasteiger charge is -2.36. The van der Waals surface area contributed by atoms with Crippen LogP contribution in [0.5, 0.6) is 0 Å². The van der Waals surface area contributed by atoms with E-state index >= 15 is 0 Å². The van der Waals surface area contributed by atoms with Crippen LogP contribution in [-0.4, -0.2) is 73.0 Å². The lowest BCUT2D eigenvalue weighted by molar-refractivity contribution is -0.129. The fraction of sp³-hybridized carbons (Fsp3) is 0.600. The summed E-state index contributed by atoms with van der Waals surface area (Å²) in [5.74, 6) is 0.579. The fourth-order valence-corrected chi connectivity index (χ4v) is 3.87. The van der Waals surface area contributed by atoms with Gasteiger partial charge >= 0.3 is 6.03 Å². The van der Waals surface area contributed by atoms with Gasteiger partial charge in [0.1, 0.15) is 0 Å². The average Bonchev–Trinajstić information content (AvgIpc) is 2.91. The largest absolute Gasteiger partial charge is 0.348 e. The van der Waals surface area contributed by atoms with E-state index in [4.69, 9.17) is 0 Å². The Morgan fingerprint density at radius 2 is 1.85 bits per heavy atom. The minimum absolute atomic E-state index is 0.0149.